The molecule has 110 valence electrons. The van der Waals surface area contributed by atoms with Gasteiger partial charge in [-0.2, -0.15) is 0 Å². The second kappa shape index (κ2) is 6.23. The molecule has 0 aromatic carbocycles. The van der Waals surface area contributed by atoms with Crippen LogP contribution in [-0.2, 0) is 4.79 Å². The summed E-state index contributed by atoms with van der Waals surface area (Å²) in [5.74, 6) is 0.266. The minimum absolute atomic E-state index is 0.0764. The highest BCUT2D eigenvalue weighted by Crippen LogP contribution is 2.33. The lowest BCUT2D eigenvalue weighted by atomic mass is 9.80. The fourth-order valence-electron chi connectivity index (χ4n) is 3.41. The maximum absolute atomic E-state index is 12.3. The largest absolute Gasteiger partial charge is 0.342 e. The number of nitrogens with zero attached hydrogens (tertiary/aromatic N) is 2. The molecule has 0 aromatic heterocycles. The second-order valence-electron chi connectivity index (χ2n) is 6.24. The number of carbonyl (C=O) groups excluding carboxylic acids is 1. The van der Waals surface area contributed by atoms with Gasteiger partial charge in [-0.1, -0.05) is 26.2 Å². The summed E-state index contributed by atoms with van der Waals surface area (Å²) in [5.41, 5.74) is 6.15. The first-order chi connectivity index (χ1) is 9.13. The Balaban J connectivity index is 1.98. The van der Waals surface area contributed by atoms with Crippen LogP contribution in [0.4, 0.5) is 0 Å². The zero-order chi connectivity index (χ0) is 13.9. The third-order valence-corrected chi connectivity index (χ3v) is 5.03. The highest BCUT2D eigenvalue weighted by molar-refractivity contribution is 5.78. The van der Waals surface area contributed by atoms with Crippen LogP contribution in [0.15, 0.2) is 0 Å². The Labute approximate surface area is 117 Å². The van der Waals surface area contributed by atoms with Gasteiger partial charge in [-0.25, -0.2) is 0 Å². The SMILES string of the molecule is CCN(CC(=O)N(C)C1CC1)C1(CN)CCCCC1. The quantitative estimate of drug-likeness (QED) is 0.795. The molecule has 2 aliphatic rings. The van der Waals surface area contributed by atoms with Gasteiger partial charge < -0.3 is 10.6 Å². The van der Waals surface area contributed by atoms with Crippen LogP contribution in [0.3, 0.4) is 0 Å². The van der Waals surface area contributed by atoms with E-state index < -0.39 is 0 Å². The molecule has 2 saturated carbocycles. The first kappa shape index (κ1) is 14.8. The standard InChI is InChI=1S/C15H29N3O/c1-3-18(11-14(19)17(2)13-7-8-13)15(12-16)9-5-4-6-10-15/h13H,3-12,16H2,1-2H3. The lowest BCUT2D eigenvalue weighted by molar-refractivity contribution is -0.133. The number of amides is 1. The smallest absolute Gasteiger partial charge is 0.236 e. The molecular weight excluding hydrogens is 238 g/mol. The highest BCUT2D eigenvalue weighted by atomic mass is 16.2. The van der Waals surface area contributed by atoms with Crippen molar-refractivity contribution < 1.29 is 4.79 Å². The monoisotopic (exact) mass is 267 g/mol. The highest BCUT2D eigenvalue weighted by Gasteiger charge is 2.38. The van der Waals surface area contributed by atoms with Gasteiger partial charge in [0.15, 0.2) is 0 Å². The molecule has 0 unspecified atom stereocenters. The minimum atomic E-state index is 0.0764. The van der Waals surface area contributed by atoms with E-state index in [1.54, 1.807) is 0 Å². The lowest BCUT2D eigenvalue weighted by Crippen LogP contribution is -2.57. The maximum atomic E-state index is 12.3. The topological polar surface area (TPSA) is 49.6 Å². The average Bonchev–Trinajstić information content (AvgIpc) is 3.28. The molecule has 0 aromatic rings. The molecule has 0 heterocycles. The summed E-state index contributed by atoms with van der Waals surface area (Å²) in [5, 5.41) is 0. The predicted octanol–water partition coefficient (Wildman–Crippen LogP) is 1.59. The van der Waals surface area contributed by atoms with Crippen LogP contribution < -0.4 is 5.73 Å². The minimum Gasteiger partial charge on any atom is -0.342 e. The normalized spacial score (nSPS) is 22.5. The Kier molecular flexibility index (Phi) is 4.85. The fourth-order valence-corrected chi connectivity index (χ4v) is 3.41. The van der Waals surface area contributed by atoms with Gasteiger partial charge >= 0.3 is 0 Å². The van der Waals surface area contributed by atoms with Crippen molar-refractivity contribution in [2.24, 2.45) is 5.73 Å². The molecule has 19 heavy (non-hydrogen) atoms. The van der Waals surface area contributed by atoms with E-state index >= 15 is 0 Å². The first-order valence-corrected chi connectivity index (χ1v) is 7.84. The summed E-state index contributed by atoms with van der Waals surface area (Å²) in [6.07, 6.45) is 8.47. The summed E-state index contributed by atoms with van der Waals surface area (Å²) in [4.78, 5) is 16.6. The molecule has 2 fully saturated rings. The summed E-state index contributed by atoms with van der Waals surface area (Å²) < 4.78 is 0. The zero-order valence-corrected chi connectivity index (χ0v) is 12.5. The molecule has 2 N–H and O–H groups in total. The number of hydrogen-bond donors (Lipinski definition) is 1. The molecule has 0 saturated heterocycles. The zero-order valence-electron chi connectivity index (χ0n) is 12.5. The van der Waals surface area contributed by atoms with Gasteiger partial charge in [0.1, 0.15) is 0 Å². The first-order valence-electron chi connectivity index (χ1n) is 7.84. The Bertz CT molecular complexity index is 309. The average molecular weight is 267 g/mol. The van der Waals surface area contributed by atoms with Crippen LogP contribution in [0, 0.1) is 0 Å². The molecular formula is C15H29N3O. The molecule has 4 nitrogen and oxygen atoms in total. The van der Waals surface area contributed by atoms with Crippen molar-refractivity contribution in [1.29, 1.82) is 0 Å². The number of carbonyl (C=O) groups is 1. The fraction of sp³-hybridized carbons (Fsp3) is 0.933. The van der Waals surface area contributed by atoms with Gasteiger partial charge in [0, 0.05) is 25.2 Å². The van der Waals surface area contributed by atoms with Crippen LogP contribution in [0.2, 0.25) is 0 Å². The van der Waals surface area contributed by atoms with Crippen molar-refractivity contribution in [3.8, 4) is 0 Å². The molecule has 2 rings (SSSR count). The number of rotatable bonds is 6. The van der Waals surface area contributed by atoms with Crippen LogP contribution in [0.1, 0.15) is 51.9 Å². The van der Waals surface area contributed by atoms with E-state index in [0.29, 0.717) is 19.1 Å². The molecule has 0 aliphatic heterocycles. The van der Waals surface area contributed by atoms with Gasteiger partial charge in [-0.05, 0) is 32.2 Å². The van der Waals surface area contributed by atoms with E-state index in [2.05, 4.69) is 11.8 Å². The van der Waals surface area contributed by atoms with Crippen molar-refractivity contribution in [3.05, 3.63) is 0 Å². The maximum Gasteiger partial charge on any atom is 0.236 e. The summed E-state index contributed by atoms with van der Waals surface area (Å²) in [6.45, 7) is 4.29. The molecule has 0 spiro atoms. The Morgan fingerprint density at radius 3 is 2.37 bits per heavy atom. The molecule has 1 amide bonds. The van der Waals surface area contributed by atoms with E-state index in [1.165, 1.54) is 32.1 Å². The summed E-state index contributed by atoms with van der Waals surface area (Å²) in [6, 6.07) is 0.506. The van der Waals surface area contributed by atoms with Gasteiger partial charge in [0.25, 0.3) is 0 Å². The molecule has 0 atom stereocenters. The van der Waals surface area contributed by atoms with E-state index in [9.17, 15) is 4.79 Å². The Morgan fingerprint density at radius 1 is 1.26 bits per heavy atom. The van der Waals surface area contributed by atoms with Crippen molar-refractivity contribution in [2.45, 2.75) is 63.5 Å². The van der Waals surface area contributed by atoms with Crippen molar-refractivity contribution in [3.63, 3.8) is 0 Å². The summed E-state index contributed by atoms with van der Waals surface area (Å²) in [7, 11) is 1.95. The predicted molar refractivity (Wildman–Crippen MR) is 77.9 cm³/mol. The van der Waals surface area contributed by atoms with Crippen LogP contribution in [-0.4, -0.2) is 54.0 Å². The van der Waals surface area contributed by atoms with Gasteiger partial charge in [0.05, 0.1) is 6.54 Å². The molecule has 0 radical (unpaired) electrons. The van der Waals surface area contributed by atoms with Crippen molar-refractivity contribution in [1.82, 2.24) is 9.80 Å². The third-order valence-electron chi connectivity index (χ3n) is 5.03. The van der Waals surface area contributed by atoms with E-state index in [0.717, 1.165) is 19.4 Å². The van der Waals surface area contributed by atoms with Gasteiger partial charge in [-0.3, -0.25) is 9.69 Å². The number of likely N-dealkylation sites (N-methyl/N-ethyl adjacent to an activating group) is 2. The molecule has 4 heteroatoms. The van der Waals surface area contributed by atoms with Crippen molar-refractivity contribution >= 4 is 5.91 Å². The van der Waals surface area contributed by atoms with E-state index in [-0.39, 0.29) is 11.4 Å². The Morgan fingerprint density at radius 2 is 1.89 bits per heavy atom. The van der Waals surface area contributed by atoms with Crippen LogP contribution in [0.5, 0.6) is 0 Å². The second-order valence-corrected chi connectivity index (χ2v) is 6.24. The molecule has 2 aliphatic carbocycles. The van der Waals surface area contributed by atoms with Crippen molar-refractivity contribution in [2.75, 3.05) is 26.7 Å². The van der Waals surface area contributed by atoms with Gasteiger partial charge in [0.2, 0.25) is 5.91 Å². The molecule has 0 bridgehead atoms. The number of nitrogens with two attached hydrogens (primary N) is 1. The third kappa shape index (κ3) is 3.29. The van der Waals surface area contributed by atoms with E-state index in [4.69, 9.17) is 5.73 Å². The lowest BCUT2D eigenvalue weighted by Gasteiger charge is -2.45. The van der Waals surface area contributed by atoms with Crippen LogP contribution >= 0.6 is 0 Å². The van der Waals surface area contributed by atoms with Crippen LogP contribution in [0.25, 0.3) is 0 Å². The Hall–Kier alpha value is -0.610. The van der Waals surface area contributed by atoms with Gasteiger partial charge in [-0.15, -0.1) is 0 Å². The number of hydrogen-bond acceptors (Lipinski definition) is 3. The van der Waals surface area contributed by atoms with E-state index in [1.807, 2.05) is 11.9 Å². The summed E-state index contributed by atoms with van der Waals surface area (Å²) >= 11 is 0.